The van der Waals surface area contributed by atoms with Gasteiger partial charge < -0.3 is 19.4 Å². The van der Waals surface area contributed by atoms with Crippen molar-refractivity contribution in [3.63, 3.8) is 0 Å². The number of likely N-dealkylation sites (tertiary alicyclic amines) is 1. The maximum absolute atomic E-state index is 13.2. The Labute approximate surface area is 174 Å². The van der Waals surface area contributed by atoms with Gasteiger partial charge in [-0.1, -0.05) is 6.92 Å². The number of nitrogens with one attached hydrogen (secondary N) is 2. The lowest BCUT2D eigenvalue weighted by Crippen LogP contribution is -3.10. The number of aromatic nitrogens is 5. The van der Waals surface area contributed by atoms with Crippen LogP contribution in [0.5, 0.6) is 11.5 Å². The van der Waals surface area contributed by atoms with Crippen molar-refractivity contribution in [1.29, 1.82) is 0 Å². The summed E-state index contributed by atoms with van der Waals surface area (Å²) in [6, 6.07) is 5.48. The number of quaternary nitrogens is 1. The average Bonchev–Trinajstić information content (AvgIpc) is 3.49. The molecule has 5 rings (SSSR count). The molecule has 1 saturated heterocycles. The third-order valence-corrected chi connectivity index (χ3v) is 6.52. The first-order chi connectivity index (χ1) is 14.5. The molecule has 9 heteroatoms. The van der Waals surface area contributed by atoms with Crippen LogP contribution < -0.4 is 19.9 Å². The van der Waals surface area contributed by atoms with E-state index >= 15 is 0 Å². The fourth-order valence-electron chi connectivity index (χ4n) is 4.44. The Balaban J connectivity index is 1.69. The Kier molecular flexibility index (Phi) is 4.50. The molecule has 0 bridgehead atoms. The lowest BCUT2D eigenvalue weighted by molar-refractivity contribution is -0.914. The van der Waals surface area contributed by atoms with Crippen molar-refractivity contribution in [2.24, 2.45) is 0 Å². The zero-order valence-electron chi connectivity index (χ0n) is 17.6. The molecule has 0 spiro atoms. The summed E-state index contributed by atoms with van der Waals surface area (Å²) in [6.07, 6.45) is 3.15. The number of H-pyrrole nitrogens is 1. The minimum atomic E-state index is -0.244. The molecule has 0 unspecified atom stereocenters. The number of ether oxygens (including phenoxy) is 2. The molecule has 2 aromatic heterocycles. The Hall–Kier alpha value is -2.94. The van der Waals surface area contributed by atoms with Crippen LogP contribution in [0.3, 0.4) is 0 Å². The van der Waals surface area contributed by atoms with Gasteiger partial charge in [0.15, 0.2) is 17.5 Å². The summed E-state index contributed by atoms with van der Waals surface area (Å²) in [5, 5.41) is 13.6. The summed E-state index contributed by atoms with van der Waals surface area (Å²) in [7, 11) is 0. The number of aromatic amines is 1. The molecule has 3 aromatic rings. The van der Waals surface area contributed by atoms with Crippen molar-refractivity contribution in [3.05, 3.63) is 39.9 Å². The summed E-state index contributed by atoms with van der Waals surface area (Å²) in [6.45, 7) is 8.53. The quantitative estimate of drug-likeness (QED) is 0.654. The highest BCUT2D eigenvalue weighted by atomic mass is 16.7. The molecule has 4 heterocycles. The second-order valence-corrected chi connectivity index (χ2v) is 8.76. The molecule has 2 N–H and O–H groups in total. The first-order valence-corrected chi connectivity index (χ1v) is 10.6. The normalized spacial score (nSPS) is 17.7. The number of tetrazole rings is 1. The van der Waals surface area contributed by atoms with Gasteiger partial charge in [-0.25, -0.2) is 4.68 Å². The molecule has 0 radical (unpaired) electrons. The lowest BCUT2D eigenvalue weighted by atomic mass is 9.99. The van der Waals surface area contributed by atoms with Crippen LogP contribution >= 0.6 is 0 Å². The minimum absolute atomic E-state index is 0.116. The van der Waals surface area contributed by atoms with Gasteiger partial charge in [0.1, 0.15) is 0 Å². The van der Waals surface area contributed by atoms with E-state index in [1.807, 2.05) is 22.9 Å². The van der Waals surface area contributed by atoms with Gasteiger partial charge in [0.25, 0.3) is 5.56 Å². The molecule has 30 heavy (non-hydrogen) atoms. The topological polar surface area (TPSA) is 99.4 Å². The van der Waals surface area contributed by atoms with Crippen LogP contribution in [-0.2, 0) is 5.54 Å². The molecule has 0 amide bonds. The highest BCUT2D eigenvalue weighted by Crippen LogP contribution is 2.35. The predicted molar refractivity (Wildman–Crippen MR) is 110 cm³/mol. The van der Waals surface area contributed by atoms with Crippen LogP contribution in [0.15, 0.2) is 23.0 Å². The molecule has 0 aliphatic carbocycles. The van der Waals surface area contributed by atoms with Gasteiger partial charge >= 0.3 is 0 Å². The first-order valence-electron chi connectivity index (χ1n) is 10.6. The molecule has 9 nitrogen and oxygen atoms in total. The predicted octanol–water partition coefficient (Wildman–Crippen LogP) is 1.16. The SMILES string of the molecule is CCC(C)(C)n1nnnc1[C@H](c1cc2cc3c(cc2[nH]c1=O)OCO3)[NH+]1CCCC1. The van der Waals surface area contributed by atoms with Gasteiger partial charge in [-0.15, -0.1) is 5.10 Å². The maximum atomic E-state index is 13.2. The minimum Gasteiger partial charge on any atom is -0.454 e. The first kappa shape index (κ1) is 19.0. The van der Waals surface area contributed by atoms with Crippen molar-refractivity contribution in [2.45, 2.75) is 51.6 Å². The number of hydrogen-bond donors (Lipinski definition) is 2. The summed E-state index contributed by atoms with van der Waals surface area (Å²) >= 11 is 0. The van der Waals surface area contributed by atoms with Gasteiger partial charge in [0.05, 0.1) is 29.7 Å². The number of hydrogen-bond acceptors (Lipinski definition) is 6. The molecular formula is C21H27N6O3+. The number of fused-ring (bicyclic) bond motifs is 2. The van der Waals surface area contributed by atoms with Gasteiger partial charge in [0.2, 0.25) is 12.6 Å². The molecule has 2 aliphatic rings. The number of benzene rings is 1. The largest absolute Gasteiger partial charge is 0.454 e. The zero-order chi connectivity index (χ0) is 20.9. The van der Waals surface area contributed by atoms with Crippen molar-refractivity contribution in [3.8, 4) is 11.5 Å². The second kappa shape index (κ2) is 7.09. The summed E-state index contributed by atoms with van der Waals surface area (Å²) in [4.78, 5) is 17.6. The Morgan fingerprint density at radius 1 is 1.20 bits per heavy atom. The van der Waals surface area contributed by atoms with E-state index in [1.54, 1.807) is 0 Å². The zero-order valence-corrected chi connectivity index (χ0v) is 17.6. The van der Waals surface area contributed by atoms with Crippen LogP contribution in [0.1, 0.15) is 57.5 Å². The molecule has 1 atom stereocenters. The van der Waals surface area contributed by atoms with E-state index in [0.29, 0.717) is 17.1 Å². The smallest absolute Gasteiger partial charge is 0.258 e. The molecule has 2 aliphatic heterocycles. The van der Waals surface area contributed by atoms with Crippen molar-refractivity contribution in [2.75, 3.05) is 19.9 Å². The summed E-state index contributed by atoms with van der Waals surface area (Å²) in [5.74, 6) is 2.09. The van der Waals surface area contributed by atoms with Gasteiger partial charge in [-0.3, -0.25) is 4.79 Å². The average molecular weight is 411 g/mol. The number of pyridine rings is 1. The number of nitrogens with zero attached hydrogens (tertiary/aromatic N) is 4. The van der Waals surface area contributed by atoms with Crippen molar-refractivity contribution in [1.82, 2.24) is 25.2 Å². The van der Waals surface area contributed by atoms with Gasteiger partial charge in [-0.2, -0.15) is 0 Å². The van der Waals surface area contributed by atoms with E-state index in [9.17, 15) is 4.79 Å². The van der Waals surface area contributed by atoms with Crippen LogP contribution in [-0.4, -0.2) is 45.1 Å². The molecule has 1 fully saturated rings. The van der Waals surface area contributed by atoms with E-state index in [4.69, 9.17) is 9.47 Å². The van der Waals surface area contributed by atoms with Crippen LogP contribution in [0.25, 0.3) is 10.9 Å². The van der Waals surface area contributed by atoms with E-state index in [-0.39, 0.29) is 23.9 Å². The highest BCUT2D eigenvalue weighted by Gasteiger charge is 2.38. The molecule has 1 aromatic carbocycles. The Morgan fingerprint density at radius 2 is 1.93 bits per heavy atom. The number of rotatable bonds is 5. The highest BCUT2D eigenvalue weighted by molar-refractivity contribution is 5.83. The van der Waals surface area contributed by atoms with Gasteiger partial charge in [0, 0.05) is 24.3 Å². The van der Waals surface area contributed by atoms with E-state index in [1.165, 1.54) is 4.90 Å². The van der Waals surface area contributed by atoms with E-state index in [0.717, 1.165) is 49.1 Å². The van der Waals surface area contributed by atoms with Crippen LogP contribution in [0.4, 0.5) is 0 Å². The van der Waals surface area contributed by atoms with Crippen molar-refractivity contribution >= 4 is 10.9 Å². The fourth-order valence-corrected chi connectivity index (χ4v) is 4.44. The molecule has 158 valence electrons. The second-order valence-electron chi connectivity index (χ2n) is 8.76. The van der Waals surface area contributed by atoms with Gasteiger partial charge in [-0.05, 0) is 42.8 Å². The molecular weight excluding hydrogens is 384 g/mol. The fraction of sp³-hybridized carbons (Fsp3) is 0.524. The molecule has 0 saturated carbocycles. The summed E-state index contributed by atoms with van der Waals surface area (Å²) < 4.78 is 12.9. The third kappa shape index (κ3) is 3.04. The Morgan fingerprint density at radius 3 is 2.67 bits per heavy atom. The monoisotopic (exact) mass is 411 g/mol. The lowest BCUT2D eigenvalue weighted by Gasteiger charge is -2.29. The van der Waals surface area contributed by atoms with Crippen LogP contribution in [0.2, 0.25) is 0 Å². The summed E-state index contributed by atoms with van der Waals surface area (Å²) in [5.41, 5.74) is 1.05. The van der Waals surface area contributed by atoms with Crippen LogP contribution in [0, 0.1) is 0 Å². The third-order valence-electron chi connectivity index (χ3n) is 6.52. The van der Waals surface area contributed by atoms with E-state index in [2.05, 4.69) is 41.3 Å². The standard InChI is InChI=1S/C21H26N6O3/c1-4-21(2,3)27-19(23-24-25-27)18(26-7-5-6-8-26)14-9-13-10-16-17(30-12-29-16)11-15(13)22-20(14)28/h9-11,18H,4-8,12H2,1-3H3,(H,22,28)/p+1/t18-/m0/s1. The van der Waals surface area contributed by atoms with Crippen molar-refractivity contribution < 1.29 is 14.4 Å². The Bertz CT molecular complexity index is 1150. The van der Waals surface area contributed by atoms with E-state index < -0.39 is 0 Å². The maximum Gasteiger partial charge on any atom is 0.258 e.